The number of imide groups is 1. The van der Waals surface area contributed by atoms with Crippen LogP contribution in [0.15, 0.2) is 54.6 Å². The highest BCUT2D eigenvalue weighted by molar-refractivity contribution is 6.07. The number of fused-ring (bicyclic) bond motifs is 1. The maximum absolute atomic E-state index is 13.4. The Balaban J connectivity index is 1.59. The van der Waals surface area contributed by atoms with Crippen molar-refractivity contribution < 1.29 is 14.3 Å². The minimum atomic E-state index is -0.499. The standard InChI is InChI=1S/C27H33NO3/c1-18(2)24-20-14-8-9-15-21(20)25(29)28(24)26(30)31-23-17-11-10-16-22(23)27(3,4)19-12-6-5-7-13-19/h5-9,12-15,18,22-24H,10-11,16-17H2,1-4H3/t22-,23-,24-/m0/s1. The van der Waals surface area contributed by atoms with Crippen LogP contribution in [-0.2, 0) is 10.2 Å². The maximum atomic E-state index is 13.4. The molecule has 4 heteroatoms. The molecule has 2 aromatic carbocycles. The molecule has 31 heavy (non-hydrogen) atoms. The van der Waals surface area contributed by atoms with Gasteiger partial charge in [-0.25, -0.2) is 9.69 Å². The monoisotopic (exact) mass is 419 g/mol. The van der Waals surface area contributed by atoms with E-state index in [4.69, 9.17) is 4.74 Å². The van der Waals surface area contributed by atoms with Crippen LogP contribution in [0.25, 0.3) is 0 Å². The molecule has 0 aromatic heterocycles. The zero-order valence-electron chi connectivity index (χ0n) is 19.0. The number of carbonyl (C=O) groups excluding carboxylic acids is 2. The third-order valence-corrected chi connectivity index (χ3v) is 7.23. The smallest absolute Gasteiger partial charge is 0.417 e. The number of nitrogens with zero attached hydrogens (tertiary/aromatic N) is 1. The Morgan fingerprint density at radius 2 is 1.65 bits per heavy atom. The van der Waals surface area contributed by atoms with Gasteiger partial charge in [-0.1, -0.05) is 82.6 Å². The first-order valence-electron chi connectivity index (χ1n) is 11.5. The number of rotatable bonds is 4. The van der Waals surface area contributed by atoms with Gasteiger partial charge in [0.15, 0.2) is 0 Å². The molecule has 1 saturated carbocycles. The normalized spacial score (nSPS) is 23.7. The zero-order valence-corrected chi connectivity index (χ0v) is 19.0. The van der Waals surface area contributed by atoms with Crippen molar-refractivity contribution in [2.45, 2.75) is 70.9 Å². The molecule has 0 bridgehead atoms. The van der Waals surface area contributed by atoms with E-state index in [9.17, 15) is 9.59 Å². The van der Waals surface area contributed by atoms with Crippen LogP contribution in [0.4, 0.5) is 4.79 Å². The van der Waals surface area contributed by atoms with Gasteiger partial charge in [0.1, 0.15) is 6.10 Å². The first-order chi connectivity index (χ1) is 14.8. The molecule has 2 amide bonds. The topological polar surface area (TPSA) is 46.6 Å². The van der Waals surface area contributed by atoms with Crippen molar-refractivity contribution in [2.75, 3.05) is 0 Å². The first kappa shape index (κ1) is 21.6. The van der Waals surface area contributed by atoms with Crippen LogP contribution in [0, 0.1) is 11.8 Å². The van der Waals surface area contributed by atoms with Gasteiger partial charge in [-0.3, -0.25) is 4.79 Å². The Morgan fingerprint density at radius 1 is 1.00 bits per heavy atom. The van der Waals surface area contributed by atoms with Gasteiger partial charge >= 0.3 is 6.09 Å². The molecule has 0 radical (unpaired) electrons. The SMILES string of the molecule is CC(C)[C@H]1c2ccccc2C(=O)N1C(=O)O[C@H]1CCCC[C@@H]1C(C)(C)c1ccccc1. The lowest BCUT2D eigenvalue weighted by atomic mass is 9.66. The summed E-state index contributed by atoms with van der Waals surface area (Å²) in [5.41, 5.74) is 2.67. The van der Waals surface area contributed by atoms with Gasteiger partial charge in [0.05, 0.1) is 6.04 Å². The summed E-state index contributed by atoms with van der Waals surface area (Å²) in [4.78, 5) is 27.9. The van der Waals surface area contributed by atoms with Gasteiger partial charge in [-0.2, -0.15) is 0 Å². The van der Waals surface area contributed by atoms with Crippen LogP contribution in [-0.4, -0.2) is 23.0 Å². The Kier molecular flexibility index (Phi) is 5.92. The van der Waals surface area contributed by atoms with E-state index in [-0.39, 0.29) is 35.3 Å². The van der Waals surface area contributed by atoms with Gasteiger partial charge in [0.25, 0.3) is 5.91 Å². The second kappa shape index (κ2) is 8.49. The third kappa shape index (κ3) is 3.88. The number of hydrogen-bond acceptors (Lipinski definition) is 3. The van der Waals surface area contributed by atoms with Crippen molar-refractivity contribution in [3.63, 3.8) is 0 Å². The number of ether oxygens (including phenoxy) is 1. The number of benzene rings is 2. The minimum absolute atomic E-state index is 0.114. The molecule has 0 saturated heterocycles. The molecule has 2 aromatic rings. The van der Waals surface area contributed by atoms with Crippen molar-refractivity contribution in [1.82, 2.24) is 4.90 Å². The van der Waals surface area contributed by atoms with E-state index < -0.39 is 6.09 Å². The van der Waals surface area contributed by atoms with Crippen LogP contribution in [0.3, 0.4) is 0 Å². The lowest BCUT2D eigenvalue weighted by Crippen LogP contribution is -2.45. The summed E-state index contributed by atoms with van der Waals surface area (Å²) in [6, 6.07) is 17.7. The molecule has 1 aliphatic heterocycles. The fraction of sp³-hybridized carbons (Fsp3) is 0.481. The van der Waals surface area contributed by atoms with E-state index in [1.807, 2.05) is 44.2 Å². The Hall–Kier alpha value is -2.62. The largest absolute Gasteiger partial charge is 0.445 e. The highest BCUT2D eigenvalue weighted by atomic mass is 16.6. The molecule has 0 N–H and O–H groups in total. The van der Waals surface area contributed by atoms with E-state index in [0.29, 0.717) is 5.56 Å². The van der Waals surface area contributed by atoms with E-state index >= 15 is 0 Å². The molecule has 3 atom stereocenters. The molecular weight excluding hydrogens is 386 g/mol. The number of hydrogen-bond donors (Lipinski definition) is 0. The quantitative estimate of drug-likeness (QED) is 0.567. The van der Waals surface area contributed by atoms with Crippen LogP contribution in [0.1, 0.15) is 80.9 Å². The Labute approximate surface area is 185 Å². The number of carbonyl (C=O) groups is 2. The molecule has 0 unspecified atom stereocenters. The van der Waals surface area contributed by atoms with Crippen molar-refractivity contribution in [3.05, 3.63) is 71.3 Å². The molecular formula is C27H33NO3. The van der Waals surface area contributed by atoms with E-state index in [1.54, 1.807) is 0 Å². The molecule has 0 spiro atoms. The molecule has 164 valence electrons. The molecule has 4 nitrogen and oxygen atoms in total. The minimum Gasteiger partial charge on any atom is -0.445 e. The van der Waals surface area contributed by atoms with Crippen LogP contribution < -0.4 is 0 Å². The first-order valence-corrected chi connectivity index (χ1v) is 11.5. The van der Waals surface area contributed by atoms with Crippen molar-refractivity contribution >= 4 is 12.0 Å². The molecule has 1 aliphatic carbocycles. The van der Waals surface area contributed by atoms with E-state index in [1.165, 1.54) is 10.5 Å². The second-order valence-electron chi connectivity index (χ2n) is 9.85. The van der Waals surface area contributed by atoms with E-state index in [2.05, 4.69) is 38.1 Å². The van der Waals surface area contributed by atoms with Crippen molar-refractivity contribution in [3.8, 4) is 0 Å². The van der Waals surface area contributed by atoms with Gasteiger partial charge in [-0.15, -0.1) is 0 Å². The predicted octanol–water partition coefficient (Wildman–Crippen LogP) is 6.51. The maximum Gasteiger partial charge on any atom is 0.417 e. The lowest BCUT2D eigenvalue weighted by Gasteiger charge is -2.42. The fourth-order valence-corrected chi connectivity index (χ4v) is 5.53. The predicted molar refractivity (Wildman–Crippen MR) is 122 cm³/mol. The molecule has 2 aliphatic rings. The van der Waals surface area contributed by atoms with Crippen LogP contribution in [0.2, 0.25) is 0 Å². The lowest BCUT2D eigenvalue weighted by molar-refractivity contribution is -0.0100. The second-order valence-corrected chi connectivity index (χ2v) is 9.85. The fourth-order valence-electron chi connectivity index (χ4n) is 5.53. The Morgan fingerprint density at radius 3 is 2.35 bits per heavy atom. The average Bonchev–Trinajstić information content (AvgIpc) is 3.08. The third-order valence-electron chi connectivity index (χ3n) is 7.23. The van der Waals surface area contributed by atoms with Crippen molar-refractivity contribution in [1.29, 1.82) is 0 Å². The average molecular weight is 420 g/mol. The van der Waals surface area contributed by atoms with Crippen molar-refractivity contribution in [2.24, 2.45) is 11.8 Å². The summed E-state index contributed by atoms with van der Waals surface area (Å²) < 4.78 is 6.14. The summed E-state index contributed by atoms with van der Waals surface area (Å²) in [5, 5.41) is 0. The van der Waals surface area contributed by atoms with Gasteiger partial charge in [0, 0.05) is 11.5 Å². The highest BCUT2D eigenvalue weighted by Gasteiger charge is 2.46. The van der Waals surface area contributed by atoms with Crippen LogP contribution >= 0.6 is 0 Å². The van der Waals surface area contributed by atoms with Gasteiger partial charge < -0.3 is 4.74 Å². The molecule has 4 rings (SSSR count). The van der Waals surface area contributed by atoms with Crippen LogP contribution in [0.5, 0.6) is 0 Å². The molecule has 1 heterocycles. The zero-order chi connectivity index (χ0) is 22.2. The summed E-state index contributed by atoms with van der Waals surface area (Å²) in [7, 11) is 0. The number of amides is 2. The summed E-state index contributed by atoms with van der Waals surface area (Å²) in [6.45, 7) is 8.57. The summed E-state index contributed by atoms with van der Waals surface area (Å²) >= 11 is 0. The summed E-state index contributed by atoms with van der Waals surface area (Å²) in [5.74, 6) is 0.0854. The Bertz CT molecular complexity index is 950. The van der Waals surface area contributed by atoms with Gasteiger partial charge in [-0.05, 0) is 47.8 Å². The van der Waals surface area contributed by atoms with Gasteiger partial charge in [0.2, 0.25) is 0 Å². The highest BCUT2D eigenvalue weighted by Crippen LogP contribution is 2.44. The molecule has 1 fully saturated rings. The van der Waals surface area contributed by atoms with E-state index in [0.717, 1.165) is 31.2 Å². The summed E-state index contributed by atoms with van der Waals surface area (Å²) in [6.07, 6.45) is 3.34.